The van der Waals surface area contributed by atoms with Crippen molar-refractivity contribution in [3.8, 4) is 5.75 Å². The van der Waals surface area contributed by atoms with Gasteiger partial charge in [-0.25, -0.2) is 17.8 Å². The summed E-state index contributed by atoms with van der Waals surface area (Å²) >= 11 is 0.880. The number of aliphatic hydroxyl groups is 1. The minimum atomic E-state index is -4.83. The first kappa shape index (κ1) is 25.8. The molecule has 3 heterocycles. The maximum Gasteiger partial charge on any atom is 0.417 e. The Morgan fingerprint density at radius 3 is 2.59 bits per heavy atom. The second kappa shape index (κ2) is 9.49. The Bertz CT molecular complexity index is 1370. The monoisotopic (exact) mass is 558 g/mol. The number of benzene rings is 2. The molecule has 1 aromatic heterocycles. The van der Waals surface area contributed by atoms with Gasteiger partial charge in [0, 0.05) is 54.6 Å². The largest absolute Gasteiger partial charge is 0.493 e. The third-order valence-corrected chi connectivity index (χ3v) is 8.83. The molecule has 0 bridgehead atoms. The van der Waals surface area contributed by atoms with Crippen LogP contribution in [0.3, 0.4) is 0 Å². The second-order valence-corrected chi connectivity index (χ2v) is 11.5. The topological polar surface area (TPSA) is 105 Å². The molecule has 0 radical (unpaired) electrons. The molecule has 2 aromatic carbocycles. The van der Waals surface area contributed by atoms with Crippen LogP contribution in [0.2, 0.25) is 0 Å². The fourth-order valence-electron chi connectivity index (χ4n) is 4.89. The maximum atomic E-state index is 13.8. The van der Waals surface area contributed by atoms with Gasteiger partial charge < -0.3 is 9.84 Å². The quantitative estimate of drug-likeness (QED) is 0.447. The van der Waals surface area contributed by atoms with E-state index in [1.54, 1.807) is 6.07 Å². The van der Waals surface area contributed by atoms with Gasteiger partial charge in [-0.05, 0) is 30.2 Å². The number of ether oxygens (including phenoxy) is 1. The Balaban J connectivity index is 1.48. The predicted molar refractivity (Wildman–Crippen MR) is 126 cm³/mol. The van der Waals surface area contributed by atoms with Crippen molar-refractivity contribution in [2.45, 2.75) is 48.0 Å². The zero-order valence-electron chi connectivity index (χ0n) is 19.2. The van der Waals surface area contributed by atoms with Crippen molar-refractivity contribution in [2.75, 3.05) is 17.9 Å². The molecule has 3 atom stereocenters. The van der Waals surface area contributed by atoms with Gasteiger partial charge in [0.2, 0.25) is 5.13 Å². The number of aromatic nitrogens is 2. The molecule has 14 heteroatoms. The summed E-state index contributed by atoms with van der Waals surface area (Å²) < 4.78 is 92.3. The zero-order valence-corrected chi connectivity index (χ0v) is 20.8. The molecular weight excluding hydrogens is 536 g/mol. The number of rotatable bonds is 5. The molecule has 0 unspecified atom stereocenters. The molecule has 5 rings (SSSR count). The average molecular weight is 559 g/mol. The highest BCUT2D eigenvalue weighted by Gasteiger charge is 2.57. The van der Waals surface area contributed by atoms with Crippen LogP contribution >= 0.6 is 11.5 Å². The van der Waals surface area contributed by atoms with Crippen molar-refractivity contribution in [1.29, 1.82) is 0 Å². The molecular formula is C23H22F4N4O4S2. The smallest absolute Gasteiger partial charge is 0.417 e. The highest BCUT2D eigenvalue weighted by molar-refractivity contribution is 7.93. The number of nitrogens with zero attached hydrogens (tertiary/aromatic N) is 3. The second-order valence-electron chi connectivity index (χ2n) is 8.99. The van der Waals surface area contributed by atoms with E-state index in [0.717, 1.165) is 11.5 Å². The number of nitrogens with one attached hydrogen (secondary N) is 1. The molecule has 2 N–H and O–H groups in total. The van der Waals surface area contributed by atoms with Gasteiger partial charge in [-0.2, -0.15) is 17.5 Å². The molecule has 8 nitrogen and oxygen atoms in total. The molecule has 0 amide bonds. The lowest BCUT2D eigenvalue weighted by Gasteiger charge is -2.48. The van der Waals surface area contributed by atoms with E-state index < -0.39 is 52.5 Å². The lowest BCUT2D eigenvalue weighted by atomic mass is 9.81. The molecule has 2 aliphatic rings. The molecule has 1 saturated heterocycles. The summed E-state index contributed by atoms with van der Waals surface area (Å²) in [6.45, 7) is 0.127. The zero-order chi connectivity index (χ0) is 26.4. The molecule has 0 aliphatic carbocycles. The lowest BCUT2D eigenvalue weighted by Crippen LogP contribution is -2.55. The highest BCUT2D eigenvalue weighted by atomic mass is 32.2. The summed E-state index contributed by atoms with van der Waals surface area (Å²) in [5.41, 5.74) is -1.83. The van der Waals surface area contributed by atoms with E-state index in [1.165, 1.54) is 42.7 Å². The fourth-order valence-corrected chi connectivity index (χ4v) is 6.56. The predicted octanol–water partition coefficient (Wildman–Crippen LogP) is 4.43. The van der Waals surface area contributed by atoms with Crippen molar-refractivity contribution in [3.05, 3.63) is 65.7 Å². The number of likely N-dealkylation sites (tertiary alicyclic amines) is 1. The fraction of sp³-hybridized carbons (Fsp3) is 0.391. The van der Waals surface area contributed by atoms with Crippen molar-refractivity contribution in [2.24, 2.45) is 0 Å². The van der Waals surface area contributed by atoms with E-state index >= 15 is 0 Å². The molecule has 1 fully saturated rings. The minimum absolute atomic E-state index is 0.0673. The Morgan fingerprint density at radius 2 is 1.92 bits per heavy atom. The van der Waals surface area contributed by atoms with Crippen LogP contribution in [-0.2, 0) is 10.0 Å². The Labute approximate surface area is 214 Å². The number of anilines is 1. The van der Waals surface area contributed by atoms with Gasteiger partial charge in [-0.15, -0.1) is 0 Å². The number of hydrogen-bond donors (Lipinski definition) is 2. The minimum Gasteiger partial charge on any atom is -0.493 e. The van der Waals surface area contributed by atoms with Gasteiger partial charge in [0.1, 0.15) is 17.9 Å². The summed E-state index contributed by atoms with van der Waals surface area (Å²) in [5.74, 6) is -0.226. The Hall–Kier alpha value is -2.81. The molecule has 37 heavy (non-hydrogen) atoms. The van der Waals surface area contributed by atoms with Crippen molar-refractivity contribution < 1.29 is 35.8 Å². The third-order valence-electron chi connectivity index (χ3n) is 6.78. The molecule has 3 aromatic rings. The molecule has 198 valence electrons. The third kappa shape index (κ3) is 5.02. The summed E-state index contributed by atoms with van der Waals surface area (Å²) in [7, 11) is -3.98. The maximum absolute atomic E-state index is 13.8. The normalized spacial score (nSPS) is 24.8. The van der Waals surface area contributed by atoms with Gasteiger partial charge in [0.05, 0.1) is 11.5 Å². The van der Waals surface area contributed by atoms with Gasteiger partial charge in [-0.3, -0.25) is 9.62 Å². The summed E-state index contributed by atoms with van der Waals surface area (Å²) in [5, 5.41) is 10.6. The van der Waals surface area contributed by atoms with Crippen LogP contribution in [0.4, 0.5) is 22.7 Å². The summed E-state index contributed by atoms with van der Waals surface area (Å²) in [6.07, 6.45) is -4.32. The lowest BCUT2D eigenvalue weighted by molar-refractivity contribution is -0.280. The number of alkyl halides is 3. The van der Waals surface area contributed by atoms with Crippen LogP contribution in [0.1, 0.15) is 42.5 Å². The number of sulfonamides is 1. The summed E-state index contributed by atoms with van der Waals surface area (Å²) in [4.78, 5) is 5.60. The van der Waals surface area contributed by atoms with E-state index in [9.17, 15) is 31.1 Å². The van der Waals surface area contributed by atoms with E-state index in [1.807, 2.05) is 4.90 Å². The van der Waals surface area contributed by atoms with Crippen LogP contribution in [0.25, 0.3) is 0 Å². The van der Waals surface area contributed by atoms with E-state index in [-0.39, 0.29) is 23.2 Å². The standard InChI is InChI=1S/C23H22F4N4O4S2/c24-15-3-1-14(2-4-15)19-12-22(32,23(25,26)27)8-9-31(19)18-7-10-35-20-11-16(5-6-17(18)20)37(33,34)30-21-28-13-29-36-21/h1-6,11,13,18-19,32H,7-10,12H2,(H,28,29,30)/t18-,19-,22-/m0/s1. The number of hydrogen-bond acceptors (Lipinski definition) is 8. The number of piperidine rings is 1. The average Bonchev–Trinajstić information content (AvgIpc) is 3.35. The van der Waals surface area contributed by atoms with Crippen LogP contribution in [0, 0.1) is 5.82 Å². The highest BCUT2D eigenvalue weighted by Crippen LogP contribution is 2.50. The first-order valence-electron chi connectivity index (χ1n) is 11.3. The summed E-state index contributed by atoms with van der Waals surface area (Å²) in [6, 6.07) is 8.27. The first-order chi connectivity index (χ1) is 17.5. The first-order valence-corrected chi connectivity index (χ1v) is 13.6. The van der Waals surface area contributed by atoms with Crippen LogP contribution in [0.15, 0.2) is 53.7 Å². The molecule has 0 saturated carbocycles. The van der Waals surface area contributed by atoms with Crippen molar-refractivity contribution in [1.82, 2.24) is 14.3 Å². The Kier molecular flexibility index (Phi) is 6.63. The van der Waals surface area contributed by atoms with Gasteiger partial charge in [0.25, 0.3) is 10.0 Å². The van der Waals surface area contributed by atoms with Gasteiger partial charge >= 0.3 is 6.18 Å². The number of fused-ring (bicyclic) bond motifs is 1. The van der Waals surface area contributed by atoms with Gasteiger partial charge in [0.15, 0.2) is 5.60 Å². The molecule has 2 aliphatic heterocycles. The van der Waals surface area contributed by atoms with Gasteiger partial charge in [-0.1, -0.05) is 18.2 Å². The van der Waals surface area contributed by atoms with Crippen LogP contribution in [-0.4, -0.2) is 52.7 Å². The number of halogens is 4. The van der Waals surface area contributed by atoms with Crippen LogP contribution in [0.5, 0.6) is 5.75 Å². The SMILES string of the molecule is O=S(=O)(Nc1ncns1)c1ccc2c(c1)OCC[C@@H]2N1CC[C@@](O)(C(F)(F)F)C[C@H]1c1ccc(F)cc1. The van der Waals surface area contributed by atoms with E-state index in [4.69, 9.17) is 4.74 Å². The van der Waals surface area contributed by atoms with E-state index in [0.29, 0.717) is 23.3 Å². The molecule has 0 spiro atoms. The van der Waals surface area contributed by atoms with E-state index in [2.05, 4.69) is 14.1 Å². The van der Waals surface area contributed by atoms with Crippen molar-refractivity contribution >= 4 is 26.7 Å². The van der Waals surface area contributed by atoms with Crippen LogP contribution < -0.4 is 9.46 Å². The van der Waals surface area contributed by atoms with Crippen molar-refractivity contribution in [3.63, 3.8) is 0 Å². The Morgan fingerprint density at radius 1 is 1.16 bits per heavy atom.